The first-order valence-corrected chi connectivity index (χ1v) is 7.69. The Labute approximate surface area is 134 Å². The maximum Gasteiger partial charge on any atom is 0.220 e. The van der Waals surface area contributed by atoms with E-state index in [-0.39, 0.29) is 5.91 Å². The topological polar surface area (TPSA) is 88.5 Å². The maximum atomic E-state index is 11.9. The number of nitrogens with zero attached hydrogens (tertiary/aromatic N) is 4. The zero-order valence-corrected chi connectivity index (χ0v) is 13.3. The number of amides is 1. The van der Waals surface area contributed by atoms with Gasteiger partial charge in [-0.25, -0.2) is 4.98 Å². The molecule has 0 saturated carbocycles. The van der Waals surface area contributed by atoms with Gasteiger partial charge in [0, 0.05) is 25.6 Å². The third-order valence-electron chi connectivity index (χ3n) is 3.95. The number of H-pyrrole nitrogens is 1. The lowest BCUT2D eigenvalue weighted by Crippen LogP contribution is -2.27. The first-order chi connectivity index (χ1) is 11.1. The predicted molar refractivity (Wildman–Crippen MR) is 86.9 cm³/mol. The number of carbonyl (C=O) groups excluding carboxylic acids is 1. The van der Waals surface area contributed by atoms with Crippen LogP contribution in [-0.2, 0) is 17.8 Å². The number of imidazole rings is 1. The van der Waals surface area contributed by atoms with E-state index in [1.165, 1.54) is 11.1 Å². The molecule has 2 aromatic heterocycles. The Balaban J connectivity index is 1.51. The molecule has 2 heterocycles. The van der Waals surface area contributed by atoms with Crippen LogP contribution in [0.3, 0.4) is 0 Å². The lowest BCUT2D eigenvalue weighted by molar-refractivity contribution is -0.121. The summed E-state index contributed by atoms with van der Waals surface area (Å²) in [6.07, 6.45) is 4.40. The average molecular weight is 312 g/mol. The molecule has 7 heteroatoms. The summed E-state index contributed by atoms with van der Waals surface area (Å²) in [6.45, 7) is 5.31. The SMILES string of the molecule is Cc1ccc2[nH]c(CCC(=O)NCCn3ccnn3)nc2c1C. The second-order valence-electron chi connectivity index (χ2n) is 5.60. The van der Waals surface area contributed by atoms with Crippen LogP contribution >= 0.6 is 0 Å². The van der Waals surface area contributed by atoms with Gasteiger partial charge in [0.2, 0.25) is 5.91 Å². The summed E-state index contributed by atoms with van der Waals surface area (Å²) in [5.41, 5.74) is 4.42. The molecule has 0 atom stereocenters. The Hall–Kier alpha value is -2.70. The fraction of sp³-hybridized carbons (Fsp3) is 0.375. The largest absolute Gasteiger partial charge is 0.354 e. The number of benzene rings is 1. The van der Waals surface area contributed by atoms with E-state index in [9.17, 15) is 4.79 Å². The molecule has 3 aromatic rings. The predicted octanol–water partition coefficient (Wildman–Crippen LogP) is 1.52. The quantitative estimate of drug-likeness (QED) is 0.722. The lowest BCUT2D eigenvalue weighted by Gasteiger charge is -2.04. The fourth-order valence-electron chi connectivity index (χ4n) is 2.46. The zero-order valence-electron chi connectivity index (χ0n) is 13.3. The summed E-state index contributed by atoms with van der Waals surface area (Å²) in [4.78, 5) is 19.8. The number of aryl methyl sites for hydroxylation is 3. The van der Waals surface area contributed by atoms with Crippen molar-refractivity contribution in [3.63, 3.8) is 0 Å². The molecule has 23 heavy (non-hydrogen) atoms. The van der Waals surface area contributed by atoms with Gasteiger partial charge in [0.05, 0.1) is 23.8 Å². The normalized spacial score (nSPS) is 11.0. The van der Waals surface area contributed by atoms with Crippen LogP contribution in [0.25, 0.3) is 11.0 Å². The molecule has 0 radical (unpaired) electrons. The van der Waals surface area contributed by atoms with Crippen LogP contribution in [0, 0.1) is 13.8 Å². The van der Waals surface area contributed by atoms with Crippen LogP contribution in [0.2, 0.25) is 0 Å². The third-order valence-corrected chi connectivity index (χ3v) is 3.95. The van der Waals surface area contributed by atoms with Gasteiger partial charge in [0.25, 0.3) is 0 Å². The van der Waals surface area contributed by atoms with Gasteiger partial charge in [-0.05, 0) is 31.0 Å². The molecular formula is C16H20N6O. The molecule has 1 aromatic carbocycles. The maximum absolute atomic E-state index is 11.9. The summed E-state index contributed by atoms with van der Waals surface area (Å²) in [5, 5.41) is 10.4. The summed E-state index contributed by atoms with van der Waals surface area (Å²) in [7, 11) is 0. The van der Waals surface area contributed by atoms with E-state index < -0.39 is 0 Å². The van der Waals surface area contributed by atoms with E-state index in [1.807, 2.05) is 6.07 Å². The van der Waals surface area contributed by atoms with Gasteiger partial charge >= 0.3 is 0 Å². The van der Waals surface area contributed by atoms with Gasteiger partial charge in [-0.1, -0.05) is 11.3 Å². The molecule has 0 aliphatic heterocycles. The number of hydrogen-bond donors (Lipinski definition) is 2. The van der Waals surface area contributed by atoms with Gasteiger partial charge in [-0.15, -0.1) is 5.10 Å². The Morgan fingerprint density at radius 3 is 3.00 bits per heavy atom. The lowest BCUT2D eigenvalue weighted by atomic mass is 10.1. The van der Waals surface area contributed by atoms with Gasteiger partial charge < -0.3 is 10.3 Å². The summed E-state index contributed by atoms with van der Waals surface area (Å²) >= 11 is 0. The summed E-state index contributed by atoms with van der Waals surface area (Å²) in [6, 6.07) is 4.11. The molecule has 120 valence electrons. The van der Waals surface area contributed by atoms with Crippen molar-refractivity contribution in [2.75, 3.05) is 6.54 Å². The van der Waals surface area contributed by atoms with Crippen LogP contribution in [0.1, 0.15) is 23.4 Å². The van der Waals surface area contributed by atoms with Crippen molar-refractivity contribution in [3.05, 3.63) is 41.5 Å². The van der Waals surface area contributed by atoms with E-state index in [0.717, 1.165) is 16.9 Å². The minimum atomic E-state index is 0.0125. The van der Waals surface area contributed by atoms with Crippen LogP contribution in [0.4, 0.5) is 0 Å². The molecule has 0 aliphatic carbocycles. The molecule has 0 unspecified atom stereocenters. The van der Waals surface area contributed by atoms with Gasteiger partial charge in [-0.2, -0.15) is 0 Å². The summed E-state index contributed by atoms with van der Waals surface area (Å²) in [5.74, 6) is 0.860. The van der Waals surface area contributed by atoms with Crippen molar-refractivity contribution in [1.29, 1.82) is 0 Å². The highest BCUT2D eigenvalue weighted by atomic mass is 16.1. The van der Waals surface area contributed by atoms with Crippen molar-refractivity contribution >= 4 is 16.9 Å². The van der Waals surface area contributed by atoms with Crippen LogP contribution < -0.4 is 5.32 Å². The number of hydrogen-bond acceptors (Lipinski definition) is 4. The standard InChI is InChI=1S/C16H20N6O/c1-11-3-4-13-16(12(11)2)20-14(19-13)5-6-15(23)17-7-9-22-10-8-18-21-22/h3-4,8,10H,5-7,9H2,1-2H3,(H,17,23)(H,19,20). The van der Waals surface area contributed by atoms with Crippen molar-refractivity contribution in [2.24, 2.45) is 0 Å². The Morgan fingerprint density at radius 1 is 1.35 bits per heavy atom. The van der Waals surface area contributed by atoms with Gasteiger partial charge in [-0.3, -0.25) is 9.48 Å². The molecule has 2 N–H and O–H groups in total. The highest BCUT2D eigenvalue weighted by molar-refractivity contribution is 5.80. The average Bonchev–Trinajstić information content (AvgIpc) is 3.18. The van der Waals surface area contributed by atoms with Crippen LogP contribution in [-0.4, -0.2) is 37.4 Å². The number of aromatic amines is 1. The number of carbonyl (C=O) groups is 1. The second kappa shape index (κ2) is 6.60. The smallest absolute Gasteiger partial charge is 0.220 e. The molecule has 3 rings (SSSR count). The molecule has 0 spiro atoms. The fourth-order valence-corrected chi connectivity index (χ4v) is 2.46. The number of aromatic nitrogens is 5. The third kappa shape index (κ3) is 3.56. The zero-order chi connectivity index (χ0) is 16.2. The molecule has 0 fully saturated rings. The Kier molecular flexibility index (Phi) is 4.36. The van der Waals surface area contributed by atoms with Crippen molar-refractivity contribution < 1.29 is 4.79 Å². The van der Waals surface area contributed by atoms with E-state index in [0.29, 0.717) is 25.9 Å². The molecule has 0 aliphatic rings. The molecule has 0 saturated heterocycles. The van der Waals surface area contributed by atoms with E-state index in [4.69, 9.17) is 0 Å². The first-order valence-electron chi connectivity index (χ1n) is 7.69. The summed E-state index contributed by atoms with van der Waals surface area (Å²) < 4.78 is 1.69. The van der Waals surface area contributed by atoms with Crippen LogP contribution in [0.5, 0.6) is 0 Å². The molecule has 7 nitrogen and oxygen atoms in total. The molecule has 1 amide bonds. The van der Waals surface area contributed by atoms with Crippen molar-refractivity contribution in [3.8, 4) is 0 Å². The first kappa shape index (κ1) is 15.2. The number of fused-ring (bicyclic) bond motifs is 1. The van der Waals surface area contributed by atoms with Crippen LogP contribution in [0.15, 0.2) is 24.5 Å². The highest BCUT2D eigenvalue weighted by Gasteiger charge is 2.09. The number of nitrogens with one attached hydrogen (secondary N) is 2. The van der Waals surface area contributed by atoms with E-state index in [1.54, 1.807) is 17.1 Å². The van der Waals surface area contributed by atoms with Crippen molar-refractivity contribution in [2.45, 2.75) is 33.2 Å². The monoisotopic (exact) mass is 312 g/mol. The minimum Gasteiger partial charge on any atom is -0.354 e. The molecule has 0 bridgehead atoms. The van der Waals surface area contributed by atoms with Gasteiger partial charge in [0.1, 0.15) is 5.82 Å². The Bertz CT molecular complexity index is 805. The highest BCUT2D eigenvalue weighted by Crippen LogP contribution is 2.19. The number of rotatable bonds is 6. The second-order valence-corrected chi connectivity index (χ2v) is 5.60. The van der Waals surface area contributed by atoms with E-state index in [2.05, 4.69) is 45.5 Å². The van der Waals surface area contributed by atoms with Gasteiger partial charge in [0.15, 0.2) is 0 Å². The van der Waals surface area contributed by atoms with E-state index >= 15 is 0 Å². The molecular weight excluding hydrogens is 292 g/mol. The van der Waals surface area contributed by atoms with Crippen molar-refractivity contribution in [1.82, 2.24) is 30.3 Å². The minimum absolute atomic E-state index is 0.0125. The Morgan fingerprint density at radius 2 is 2.22 bits per heavy atom.